The van der Waals surface area contributed by atoms with Crippen LogP contribution in [0, 0.1) is 6.92 Å². The number of rotatable bonds is 9. The summed E-state index contributed by atoms with van der Waals surface area (Å²) >= 11 is 0. The van der Waals surface area contributed by atoms with Gasteiger partial charge < -0.3 is 14.8 Å². The molecule has 0 aliphatic heterocycles. The van der Waals surface area contributed by atoms with Crippen molar-refractivity contribution >= 4 is 21.6 Å². The Morgan fingerprint density at radius 3 is 2.18 bits per heavy atom. The molecule has 0 unspecified atom stereocenters. The summed E-state index contributed by atoms with van der Waals surface area (Å²) in [7, 11) is -2.04. The number of methoxy groups -OCH3 is 1. The van der Waals surface area contributed by atoms with Gasteiger partial charge in [0.05, 0.1) is 25.6 Å². The Hall–Kier alpha value is -2.74. The van der Waals surface area contributed by atoms with Crippen LogP contribution in [0.5, 0.6) is 11.5 Å². The maximum Gasteiger partial charge on any atom is 0.243 e. The molecule has 28 heavy (non-hydrogen) atoms. The smallest absolute Gasteiger partial charge is 0.243 e. The van der Waals surface area contributed by atoms with Gasteiger partial charge in [-0.2, -0.15) is 0 Å². The molecule has 152 valence electrons. The van der Waals surface area contributed by atoms with E-state index in [1.807, 2.05) is 6.92 Å². The number of sulfonamides is 1. The zero-order chi connectivity index (χ0) is 20.7. The van der Waals surface area contributed by atoms with Crippen LogP contribution in [0.25, 0.3) is 0 Å². The van der Waals surface area contributed by atoms with Crippen molar-refractivity contribution in [1.29, 1.82) is 0 Å². The molecule has 0 fully saturated rings. The highest BCUT2D eigenvalue weighted by Crippen LogP contribution is 2.21. The monoisotopic (exact) mass is 406 g/mol. The number of nitrogens with one attached hydrogen (secondary N) is 1. The molecule has 1 amide bonds. The zero-order valence-corrected chi connectivity index (χ0v) is 17.3. The van der Waals surface area contributed by atoms with Crippen LogP contribution in [0.3, 0.4) is 0 Å². The van der Waals surface area contributed by atoms with Gasteiger partial charge in [-0.15, -0.1) is 0 Å². The first kappa shape index (κ1) is 21.6. The lowest BCUT2D eigenvalue weighted by atomic mass is 10.2. The molecule has 0 radical (unpaired) electrons. The number of nitrogens with zero attached hydrogens (tertiary/aromatic N) is 1. The van der Waals surface area contributed by atoms with E-state index in [2.05, 4.69) is 5.32 Å². The first-order valence-electron chi connectivity index (χ1n) is 8.83. The van der Waals surface area contributed by atoms with Crippen LogP contribution in [-0.2, 0) is 14.8 Å². The van der Waals surface area contributed by atoms with Crippen molar-refractivity contribution < 1.29 is 22.7 Å². The first-order valence-corrected chi connectivity index (χ1v) is 10.7. The Bertz CT molecular complexity index is 880. The van der Waals surface area contributed by atoms with Gasteiger partial charge in [0.25, 0.3) is 0 Å². The summed E-state index contributed by atoms with van der Waals surface area (Å²) in [5, 5.41) is 2.71. The highest BCUT2D eigenvalue weighted by molar-refractivity contribution is 7.92. The van der Waals surface area contributed by atoms with Crippen LogP contribution in [0.15, 0.2) is 48.5 Å². The van der Waals surface area contributed by atoms with E-state index in [4.69, 9.17) is 9.47 Å². The van der Waals surface area contributed by atoms with Crippen LogP contribution in [0.4, 0.5) is 5.69 Å². The lowest BCUT2D eigenvalue weighted by Gasteiger charge is -2.28. The summed E-state index contributed by atoms with van der Waals surface area (Å²) < 4.78 is 36.2. The van der Waals surface area contributed by atoms with Gasteiger partial charge in [-0.25, -0.2) is 8.42 Å². The van der Waals surface area contributed by atoms with Crippen molar-refractivity contribution in [3.63, 3.8) is 0 Å². The largest absolute Gasteiger partial charge is 0.497 e. The van der Waals surface area contributed by atoms with E-state index in [1.54, 1.807) is 62.6 Å². The SMILES string of the molecule is COc1ccc(OCCNC(=O)[C@@H](C)N(c2ccc(C)cc2)S(C)(=O)=O)cc1. The standard InChI is InChI=1S/C20H26N2O5S/c1-15-5-7-17(8-6-15)22(28(4,24)25)16(2)20(23)21-13-14-27-19-11-9-18(26-3)10-12-19/h5-12,16H,13-14H2,1-4H3,(H,21,23)/t16-/m1/s1. The van der Waals surface area contributed by atoms with Gasteiger partial charge in [-0.3, -0.25) is 9.10 Å². The number of anilines is 1. The predicted octanol–water partition coefficient (Wildman–Crippen LogP) is 2.35. The first-order chi connectivity index (χ1) is 13.2. The lowest BCUT2D eigenvalue weighted by Crippen LogP contribution is -2.48. The van der Waals surface area contributed by atoms with E-state index in [0.717, 1.165) is 21.9 Å². The predicted molar refractivity (Wildman–Crippen MR) is 109 cm³/mol. The average Bonchev–Trinajstić information content (AvgIpc) is 2.66. The molecule has 0 saturated carbocycles. The molecule has 1 atom stereocenters. The van der Waals surface area contributed by atoms with Crippen LogP contribution < -0.4 is 19.1 Å². The third-order valence-corrected chi connectivity index (χ3v) is 5.35. The molecule has 8 heteroatoms. The molecular weight excluding hydrogens is 380 g/mol. The molecule has 2 aromatic carbocycles. The van der Waals surface area contributed by atoms with Gasteiger partial charge in [-0.05, 0) is 50.2 Å². The molecule has 0 aliphatic rings. The zero-order valence-electron chi connectivity index (χ0n) is 16.5. The summed E-state index contributed by atoms with van der Waals surface area (Å²) in [4.78, 5) is 12.5. The third-order valence-electron chi connectivity index (χ3n) is 4.11. The minimum Gasteiger partial charge on any atom is -0.497 e. The second-order valence-electron chi connectivity index (χ2n) is 6.39. The molecule has 1 N–H and O–H groups in total. The molecule has 0 bridgehead atoms. The molecule has 0 spiro atoms. The molecular formula is C20H26N2O5S. The highest BCUT2D eigenvalue weighted by Gasteiger charge is 2.28. The summed E-state index contributed by atoms with van der Waals surface area (Å²) in [5.41, 5.74) is 1.45. The minimum atomic E-state index is -3.63. The summed E-state index contributed by atoms with van der Waals surface area (Å²) in [6.07, 6.45) is 1.09. The minimum absolute atomic E-state index is 0.251. The fourth-order valence-corrected chi connectivity index (χ4v) is 3.84. The maximum atomic E-state index is 12.5. The second-order valence-corrected chi connectivity index (χ2v) is 8.24. The fraction of sp³-hybridized carbons (Fsp3) is 0.350. The molecule has 0 aromatic heterocycles. The van der Waals surface area contributed by atoms with E-state index in [-0.39, 0.29) is 13.2 Å². The van der Waals surface area contributed by atoms with E-state index >= 15 is 0 Å². The van der Waals surface area contributed by atoms with Gasteiger partial charge >= 0.3 is 0 Å². The van der Waals surface area contributed by atoms with Crippen molar-refractivity contribution in [3.05, 3.63) is 54.1 Å². The second kappa shape index (κ2) is 9.45. The molecule has 0 aliphatic carbocycles. The molecule has 0 heterocycles. The van der Waals surface area contributed by atoms with Gasteiger partial charge in [0.2, 0.25) is 15.9 Å². The molecule has 2 rings (SSSR count). The summed E-state index contributed by atoms with van der Waals surface area (Å²) in [6, 6.07) is 13.2. The Morgan fingerprint density at radius 2 is 1.64 bits per heavy atom. The third kappa shape index (κ3) is 5.88. The van der Waals surface area contributed by atoms with E-state index in [0.29, 0.717) is 11.4 Å². The number of ether oxygens (including phenoxy) is 2. The van der Waals surface area contributed by atoms with E-state index in [9.17, 15) is 13.2 Å². The normalized spacial score (nSPS) is 12.1. The molecule has 7 nitrogen and oxygen atoms in total. The van der Waals surface area contributed by atoms with E-state index < -0.39 is 22.0 Å². The Morgan fingerprint density at radius 1 is 1.07 bits per heavy atom. The number of hydrogen-bond acceptors (Lipinski definition) is 5. The van der Waals surface area contributed by atoms with Gasteiger partial charge in [0.1, 0.15) is 24.1 Å². The molecule has 0 saturated heterocycles. The van der Waals surface area contributed by atoms with Crippen LogP contribution in [0.1, 0.15) is 12.5 Å². The van der Waals surface area contributed by atoms with Crippen molar-refractivity contribution in [2.75, 3.05) is 30.8 Å². The maximum absolute atomic E-state index is 12.5. The lowest BCUT2D eigenvalue weighted by molar-refractivity contribution is -0.121. The van der Waals surface area contributed by atoms with Crippen molar-refractivity contribution in [1.82, 2.24) is 5.32 Å². The number of carbonyl (C=O) groups is 1. The fourth-order valence-electron chi connectivity index (χ4n) is 2.66. The Kier molecular flexibility index (Phi) is 7.28. The van der Waals surface area contributed by atoms with Crippen LogP contribution >= 0.6 is 0 Å². The van der Waals surface area contributed by atoms with Crippen molar-refractivity contribution in [2.24, 2.45) is 0 Å². The highest BCUT2D eigenvalue weighted by atomic mass is 32.2. The quantitative estimate of drug-likeness (QED) is 0.646. The average molecular weight is 407 g/mol. The Balaban J connectivity index is 1.94. The van der Waals surface area contributed by atoms with Gasteiger partial charge in [0.15, 0.2) is 0 Å². The summed E-state index contributed by atoms with van der Waals surface area (Å²) in [6.45, 7) is 3.98. The number of benzene rings is 2. The van der Waals surface area contributed by atoms with E-state index in [1.165, 1.54) is 0 Å². The Labute approximate surface area is 166 Å². The van der Waals surface area contributed by atoms with Gasteiger partial charge in [0, 0.05) is 0 Å². The van der Waals surface area contributed by atoms with Crippen LogP contribution in [0.2, 0.25) is 0 Å². The number of amides is 1. The van der Waals surface area contributed by atoms with Gasteiger partial charge in [-0.1, -0.05) is 17.7 Å². The van der Waals surface area contributed by atoms with Crippen molar-refractivity contribution in [2.45, 2.75) is 19.9 Å². The van der Waals surface area contributed by atoms with Crippen molar-refractivity contribution in [3.8, 4) is 11.5 Å². The molecule has 2 aromatic rings. The summed E-state index contributed by atoms with van der Waals surface area (Å²) in [5.74, 6) is 0.983. The number of aryl methyl sites for hydroxylation is 1. The number of carbonyl (C=O) groups excluding carboxylic acids is 1. The number of hydrogen-bond donors (Lipinski definition) is 1. The topological polar surface area (TPSA) is 84.9 Å². The van der Waals surface area contributed by atoms with Crippen LogP contribution in [-0.4, -0.2) is 46.9 Å².